The smallest absolute Gasteiger partial charge is 0.288 e. The van der Waals surface area contributed by atoms with E-state index in [-0.39, 0.29) is 5.41 Å². The van der Waals surface area contributed by atoms with Crippen LogP contribution in [-0.2, 0) is 18.9 Å². The van der Waals surface area contributed by atoms with Crippen LogP contribution in [0.15, 0.2) is 0 Å². The summed E-state index contributed by atoms with van der Waals surface area (Å²) in [5, 5.41) is 0. The molecular formula is C22H46O4. The van der Waals surface area contributed by atoms with Crippen molar-refractivity contribution in [2.45, 2.75) is 104 Å². The van der Waals surface area contributed by atoms with E-state index in [0.29, 0.717) is 0 Å². The van der Waals surface area contributed by atoms with E-state index in [9.17, 15) is 0 Å². The Morgan fingerprint density at radius 1 is 0.538 bits per heavy atom. The highest BCUT2D eigenvalue weighted by Crippen LogP contribution is 2.48. The fourth-order valence-corrected chi connectivity index (χ4v) is 4.22. The average molecular weight is 375 g/mol. The van der Waals surface area contributed by atoms with Crippen LogP contribution in [0.4, 0.5) is 0 Å². The highest BCUT2D eigenvalue weighted by molar-refractivity contribution is 4.88. The van der Waals surface area contributed by atoms with E-state index in [0.717, 1.165) is 51.7 Å². The standard InChI is InChI=1S/C22H46O4/c1-7-10-11-12-13-14-17-21(16-8-2,18-15-20-26-19-9-3)22(23-4,24-5)25-6/h7-20H2,1-6H3. The Labute approximate surface area is 163 Å². The molecule has 0 bridgehead atoms. The Bertz CT molecular complexity index is 296. The predicted molar refractivity (Wildman–Crippen MR) is 109 cm³/mol. The van der Waals surface area contributed by atoms with Gasteiger partial charge in [-0.15, -0.1) is 0 Å². The molecule has 0 aliphatic rings. The molecule has 1 atom stereocenters. The minimum absolute atomic E-state index is 0.139. The summed E-state index contributed by atoms with van der Waals surface area (Å²) in [4.78, 5) is 0. The van der Waals surface area contributed by atoms with Gasteiger partial charge in [0.1, 0.15) is 0 Å². The molecule has 4 heteroatoms. The molecule has 0 radical (unpaired) electrons. The van der Waals surface area contributed by atoms with Crippen molar-refractivity contribution in [2.24, 2.45) is 5.41 Å². The van der Waals surface area contributed by atoms with Gasteiger partial charge in [-0.05, 0) is 32.1 Å². The van der Waals surface area contributed by atoms with Crippen LogP contribution in [0.5, 0.6) is 0 Å². The van der Waals surface area contributed by atoms with Gasteiger partial charge in [-0.25, -0.2) is 0 Å². The third-order valence-corrected chi connectivity index (χ3v) is 5.49. The first kappa shape index (κ1) is 25.8. The molecule has 0 aromatic heterocycles. The van der Waals surface area contributed by atoms with Gasteiger partial charge in [0, 0.05) is 34.5 Å². The van der Waals surface area contributed by atoms with E-state index in [2.05, 4.69) is 20.8 Å². The first-order valence-corrected chi connectivity index (χ1v) is 10.8. The monoisotopic (exact) mass is 374 g/mol. The predicted octanol–water partition coefficient (Wildman–Crippen LogP) is 6.32. The van der Waals surface area contributed by atoms with Crippen LogP contribution in [-0.4, -0.2) is 40.5 Å². The van der Waals surface area contributed by atoms with Crippen LogP contribution in [0.25, 0.3) is 0 Å². The Kier molecular flexibility index (Phi) is 15.8. The maximum absolute atomic E-state index is 5.84. The lowest BCUT2D eigenvalue weighted by molar-refractivity contribution is -0.411. The van der Waals surface area contributed by atoms with Crippen molar-refractivity contribution < 1.29 is 18.9 Å². The number of methoxy groups -OCH3 is 3. The van der Waals surface area contributed by atoms with Crippen LogP contribution < -0.4 is 0 Å². The maximum Gasteiger partial charge on any atom is 0.288 e. The molecule has 0 amide bonds. The summed E-state index contributed by atoms with van der Waals surface area (Å²) >= 11 is 0. The number of hydrogen-bond donors (Lipinski definition) is 0. The van der Waals surface area contributed by atoms with Gasteiger partial charge in [-0.3, -0.25) is 0 Å². The molecule has 0 aliphatic heterocycles. The van der Waals surface area contributed by atoms with Gasteiger partial charge in [0.05, 0.1) is 5.41 Å². The number of rotatable bonds is 19. The highest BCUT2D eigenvalue weighted by atomic mass is 16.9. The fourth-order valence-electron chi connectivity index (χ4n) is 4.22. The molecule has 0 aromatic rings. The molecule has 0 saturated carbocycles. The molecular weight excluding hydrogens is 328 g/mol. The molecule has 0 rings (SSSR count). The van der Waals surface area contributed by atoms with Crippen molar-refractivity contribution in [1.29, 1.82) is 0 Å². The van der Waals surface area contributed by atoms with Crippen molar-refractivity contribution >= 4 is 0 Å². The molecule has 0 N–H and O–H groups in total. The molecule has 1 unspecified atom stereocenters. The van der Waals surface area contributed by atoms with Crippen molar-refractivity contribution in [3.05, 3.63) is 0 Å². The van der Waals surface area contributed by atoms with Gasteiger partial charge in [0.25, 0.3) is 5.97 Å². The molecule has 0 saturated heterocycles. The molecule has 0 fully saturated rings. The number of unbranched alkanes of at least 4 members (excludes halogenated alkanes) is 5. The van der Waals surface area contributed by atoms with Crippen molar-refractivity contribution in [3.8, 4) is 0 Å². The lowest BCUT2D eigenvalue weighted by Crippen LogP contribution is -2.53. The van der Waals surface area contributed by atoms with E-state index in [1.54, 1.807) is 21.3 Å². The number of ether oxygens (including phenoxy) is 4. The zero-order valence-corrected chi connectivity index (χ0v) is 18.5. The zero-order valence-electron chi connectivity index (χ0n) is 18.5. The second-order valence-electron chi connectivity index (χ2n) is 7.43. The minimum atomic E-state index is -0.975. The summed E-state index contributed by atoms with van der Waals surface area (Å²) in [5.74, 6) is -0.975. The SMILES string of the molecule is CCCCCCCCC(CCC)(CCCOCCC)C(OC)(OC)OC. The molecule has 158 valence electrons. The summed E-state index contributed by atoms with van der Waals surface area (Å²) in [7, 11) is 5.10. The summed E-state index contributed by atoms with van der Waals surface area (Å²) < 4.78 is 23.2. The van der Waals surface area contributed by atoms with Gasteiger partial charge in [-0.2, -0.15) is 0 Å². The van der Waals surface area contributed by atoms with Crippen molar-refractivity contribution in [3.63, 3.8) is 0 Å². The van der Waals surface area contributed by atoms with Gasteiger partial charge in [0.15, 0.2) is 0 Å². The Morgan fingerprint density at radius 2 is 1.12 bits per heavy atom. The average Bonchev–Trinajstić information content (AvgIpc) is 2.66. The third kappa shape index (κ3) is 8.24. The molecule has 0 spiro atoms. The summed E-state index contributed by atoms with van der Waals surface area (Å²) in [6.07, 6.45) is 14.0. The lowest BCUT2D eigenvalue weighted by atomic mass is 9.72. The molecule has 0 heterocycles. The lowest BCUT2D eigenvalue weighted by Gasteiger charge is -2.47. The molecule has 0 aromatic carbocycles. The first-order valence-electron chi connectivity index (χ1n) is 10.8. The minimum Gasteiger partial charge on any atom is -0.381 e. The Morgan fingerprint density at radius 3 is 1.65 bits per heavy atom. The van der Waals surface area contributed by atoms with Gasteiger partial charge in [-0.1, -0.05) is 65.7 Å². The zero-order chi connectivity index (χ0) is 19.7. The second kappa shape index (κ2) is 15.9. The fraction of sp³-hybridized carbons (Fsp3) is 1.00. The van der Waals surface area contributed by atoms with E-state index in [4.69, 9.17) is 18.9 Å². The van der Waals surface area contributed by atoms with Crippen molar-refractivity contribution in [1.82, 2.24) is 0 Å². The maximum atomic E-state index is 5.84. The van der Waals surface area contributed by atoms with Crippen LogP contribution in [0.2, 0.25) is 0 Å². The van der Waals surface area contributed by atoms with Crippen LogP contribution in [0.1, 0.15) is 97.8 Å². The van der Waals surface area contributed by atoms with Crippen LogP contribution >= 0.6 is 0 Å². The van der Waals surface area contributed by atoms with E-state index < -0.39 is 5.97 Å². The Balaban J connectivity index is 5.03. The Hall–Kier alpha value is -0.160. The van der Waals surface area contributed by atoms with Gasteiger partial charge in [0.2, 0.25) is 0 Å². The van der Waals surface area contributed by atoms with Gasteiger partial charge < -0.3 is 18.9 Å². The molecule has 26 heavy (non-hydrogen) atoms. The van der Waals surface area contributed by atoms with Crippen molar-refractivity contribution in [2.75, 3.05) is 34.5 Å². The van der Waals surface area contributed by atoms with E-state index in [1.807, 2.05) is 0 Å². The molecule has 0 aliphatic carbocycles. The van der Waals surface area contributed by atoms with E-state index in [1.165, 1.54) is 38.5 Å². The van der Waals surface area contributed by atoms with Crippen LogP contribution in [0, 0.1) is 5.41 Å². The summed E-state index contributed by atoms with van der Waals surface area (Å²) in [6.45, 7) is 8.27. The summed E-state index contributed by atoms with van der Waals surface area (Å²) in [5.41, 5.74) is -0.139. The van der Waals surface area contributed by atoms with Crippen LogP contribution in [0.3, 0.4) is 0 Å². The topological polar surface area (TPSA) is 36.9 Å². The first-order chi connectivity index (χ1) is 12.6. The van der Waals surface area contributed by atoms with E-state index >= 15 is 0 Å². The third-order valence-electron chi connectivity index (χ3n) is 5.49. The quantitative estimate of drug-likeness (QED) is 0.196. The second-order valence-corrected chi connectivity index (χ2v) is 7.43. The summed E-state index contributed by atoms with van der Waals surface area (Å²) in [6, 6.07) is 0. The number of hydrogen-bond acceptors (Lipinski definition) is 4. The largest absolute Gasteiger partial charge is 0.381 e. The molecule has 4 nitrogen and oxygen atoms in total. The normalized spacial score (nSPS) is 14.5. The van der Waals surface area contributed by atoms with Gasteiger partial charge >= 0.3 is 0 Å². The highest BCUT2D eigenvalue weighted by Gasteiger charge is 2.52.